The average molecular weight is 445 g/mol. The van der Waals surface area contributed by atoms with Gasteiger partial charge in [0.1, 0.15) is 5.82 Å². The number of rotatable bonds is 4. The van der Waals surface area contributed by atoms with Crippen LogP contribution >= 0.6 is 0 Å². The summed E-state index contributed by atoms with van der Waals surface area (Å²) < 4.78 is 28.5. The molecule has 0 radical (unpaired) electrons. The number of nitrogens with one attached hydrogen (secondary N) is 1. The van der Waals surface area contributed by atoms with Crippen molar-refractivity contribution in [2.75, 3.05) is 5.32 Å². The molecule has 0 aliphatic heterocycles. The molecular formula is C26H21F2N3O2. The monoisotopic (exact) mass is 445 g/mol. The first kappa shape index (κ1) is 21.0. The summed E-state index contributed by atoms with van der Waals surface area (Å²) >= 11 is 0. The molecule has 1 aliphatic rings. The molecule has 3 aromatic carbocycles. The van der Waals surface area contributed by atoms with Gasteiger partial charge in [0.25, 0.3) is 5.56 Å². The summed E-state index contributed by atoms with van der Waals surface area (Å²) in [5, 5.41) is 2.87. The standard InChI is InChI=1S/C26H21F2N3O2/c1-15-29-24-14-23(28)22(27)13-21(24)26(33)31(15)20-9-7-19(8-10-20)30-25(32)12-16-5-6-17-3-2-4-18(17)11-16/h5-11,13-14H,2-4,12H2,1H3,(H,30,32). The van der Waals surface area contributed by atoms with Crippen molar-refractivity contribution in [3.05, 3.63) is 99.1 Å². The fourth-order valence-corrected chi connectivity index (χ4v) is 4.42. The lowest BCUT2D eigenvalue weighted by Gasteiger charge is -2.12. The minimum absolute atomic E-state index is 0.00812. The Kier molecular flexibility index (Phi) is 5.24. The number of aryl methyl sites for hydroxylation is 3. The summed E-state index contributed by atoms with van der Waals surface area (Å²) in [5.41, 5.74) is 4.39. The maximum Gasteiger partial charge on any atom is 0.266 e. The molecule has 0 bridgehead atoms. The van der Waals surface area contributed by atoms with Gasteiger partial charge in [-0.3, -0.25) is 14.2 Å². The van der Waals surface area contributed by atoms with Crippen LogP contribution in [0.5, 0.6) is 0 Å². The van der Waals surface area contributed by atoms with Crippen LogP contribution in [0.3, 0.4) is 0 Å². The summed E-state index contributed by atoms with van der Waals surface area (Å²) in [5.74, 6) is -1.93. The maximum atomic E-state index is 13.7. The first-order valence-electron chi connectivity index (χ1n) is 10.8. The molecule has 0 atom stereocenters. The first-order valence-corrected chi connectivity index (χ1v) is 10.8. The molecule has 5 rings (SSSR count). The van der Waals surface area contributed by atoms with Crippen molar-refractivity contribution in [3.8, 4) is 5.69 Å². The molecule has 0 spiro atoms. The van der Waals surface area contributed by atoms with Gasteiger partial charge < -0.3 is 5.32 Å². The Morgan fingerprint density at radius 1 is 1.00 bits per heavy atom. The highest BCUT2D eigenvalue weighted by atomic mass is 19.2. The smallest absolute Gasteiger partial charge is 0.266 e. The van der Waals surface area contributed by atoms with Gasteiger partial charge in [-0.25, -0.2) is 13.8 Å². The Bertz CT molecular complexity index is 1460. The zero-order valence-corrected chi connectivity index (χ0v) is 18.0. The van der Waals surface area contributed by atoms with Crippen LogP contribution in [0, 0.1) is 18.6 Å². The predicted octanol–water partition coefficient (Wildman–Crippen LogP) is 4.64. The number of aromatic nitrogens is 2. The number of anilines is 1. The van der Waals surface area contributed by atoms with Gasteiger partial charge in [-0.1, -0.05) is 18.2 Å². The molecule has 0 fully saturated rings. The van der Waals surface area contributed by atoms with Gasteiger partial charge in [0.2, 0.25) is 5.91 Å². The van der Waals surface area contributed by atoms with E-state index in [0.717, 1.165) is 30.5 Å². The third kappa shape index (κ3) is 4.02. The van der Waals surface area contributed by atoms with E-state index in [4.69, 9.17) is 0 Å². The molecule has 5 nitrogen and oxygen atoms in total. The molecule has 1 heterocycles. The summed E-state index contributed by atoms with van der Waals surface area (Å²) in [4.78, 5) is 29.7. The molecule has 166 valence electrons. The van der Waals surface area contributed by atoms with Crippen LogP contribution in [0.25, 0.3) is 16.6 Å². The van der Waals surface area contributed by atoms with Crippen molar-refractivity contribution in [1.29, 1.82) is 0 Å². The van der Waals surface area contributed by atoms with Crippen LogP contribution in [-0.4, -0.2) is 15.5 Å². The van der Waals surface area contributed by atoms with Crippen LogP contribution in [-0.2, 0) is 24.1 Å². The topological polar surface area (TPSA) is 64.0 Å². The molecule has 7 heteroatoms. The first-order chi connectivity index (χ1) is 15.9. The summed E-state index contributed by atoms with van der Waals surface area (Å²) in [6.07, 6.45) is 3.62. The van der Waals surface area contributed by atoms with E-state index in [1.807, 2.05) is 6.07 Å². The fourth-order valence-electron chi connectivity index (χ4n) is 4.42. The summed E-state index contributed by atoms with van der Waals surface area (Å²) in [7, 11) is 0. The number of fused-ring (bicyclic) bond motifs is 2. The van der Waals surface area contributed by atoms with Gasteiger partial charge in [0.15, 0.2) is 11.6 Å². The Morgan fingerprint density at radius 3 is 2.52 bits per heavy atom. The van der Waals surface area contributed by atoms with Gasteiger partial charge >= 0.3 is 0 Å². The third-order valence-corrected chi connectivity index (χ3v) is 6.01. The Balaban J connectivity index is 1.36. The largest absolute Gasteiger partial charge is 0.326 e. The molecular weight excluding hydrogens is 424 g/mol. The molecule has 0 saturated heterocycles. The number of amides is 1. The zero-order valence-electron chi connectivity index (χ0n) is 18.0. The van der Waals surface area contributed by atoms with Gasteiger partial charge in [0, 0.05) is 11.8 Å². The number of nitrogens with zero attached hydrogens (tertiary/aromatic N) is 2. The zero-order chi connectivity index (χ0) is 23.1. The highest BCUT2D eigenvalue weighted by molar-refractivity contribution is 5.92. The van der Waals surface area contributed by atoms with E-state index in [-0.39, 0.29) is 23.2 Å². The van der Waals surface area contributed by atoms with Crippen LogP contribution < -0.4 is 10.9 Å². The number of benzene rings is 3. The molecule has 1 amide bonds. The van der Waals surface area contributed by atoms with Crippen LogP contribution in [0.1, 0.15) is 28.9 Å². The van der Waals surface area contributed by atoms with E-state index in [2.05, 4.69) is 22.4 Å². The van der Waals surface area contributed by atoms with E-state index in [1.165, 1.54) is 22.1 Å². The minimum Gasteiger partial charge on any atom is -0.326 e. The summed E-state index contributed by atoms with van der Waals surface area (Å²) in [6.45, 7) is 1.62. The third-order valence-electron chi connectivity index (χ3n) is 6.01. The molecule has 1 N–H and O–H groups in total. The number of carbonyl (C=O) groups excluding carboxylic acids is 1. The van der Waals surface area contributed by atoms with Crippen molar-refractivity contribution >= 4 is 22.5 Å². The number of hydrogen-bond acceptors (Lipinski definition) is 3. The lowest BCUT2D eigenvalue weighted by molar-refractivity contribution is -0.115. The van der Waals surface area contributed by atoms with E-state index in [0.29, 0.717) is 17.2 Å². The van der Waals surface area contributed by atoms with Gasteiger partial charge in [0.05, 0.1) is 23.0 Å². The Hall–Kier alpha value is -3.87. The van der Waals surface area contributed by atoms with Gasteiger partial charge in [-0.05, 0) is 73.2 Å². The molecule has 1 aliphatic carbocycles. The quantitative estimate of drug-likeness (QED) is 0.498. The molecule has 1 aromatic heterocycles. The molecule has 4 aromatic rings. The number of halogens is 2. The molecule has 0 unspecified atom stereocenters. The van der Waals surface area contributed by atoms with Crippen molar-refractivity contribution in [1.82, 2.24) is 9.55 Å². The van der Waals surface area contributed by atoms with Crippen LogP contribution in [0.2, 0.25) is 0 Å². The minimum atomic E-state index is -1.10. The number of hydrogen-bond donors (Lipinski definition) is 1. The predicted molar refractivity (Wildman–Crippen MR) is 123 cm³/mol. The maximum absolute atomic E-state index is 13.7. The summed E-state index contributed by atoms with van der Waals surface area (Å²) in [6, 6.07) is 14.7. The molecule has 0 saturated carbocycles. The average Bonchev–Trinajstić information content (AvgIpc) is 3.24. The van der Waals surface area contributed by atoms with Crippen LogP contribution in [0.4, 0.5) is 14.5 Å². The highest BCUT2D eigenvalue weighted by Gasteiger charge is 2.15. The van der Waals surface area contributed by atoms with Crippen molar-refractivity contribution in [2.45, 2.75) is 32.6 Å². The van der Waals surface area contributed by atoms with Gasteiger partial charge in [-0.15, -0.1) is 0 Å². The van der Waals surface area contributed by atoms with E-state index >= 15 is 0 Å². The van der Waals surface area contributed by atoms with Crippen molar-refractivity contribution in [2.24, 2.45) is 0 Å². The number of carbonyl (C=O) groups is 1. The van der Waals surface area contributed by atoms with Crippen molar-refractivity contribution < 1.29 is 13.6 Å². The second-order valence-electron chi connectivity index (χ2n) is 8.31. The van der Waals surface area contributed by atoms with E-state index in [9.17, 15) is 18.4 Å². The highest BCUT2D eigenvalue weighted by Crippen LogP contribution is 2.23. The normalized spacial score (nSPS) is 12.7. The second kappa shape index (κ2) is 8.24. The van der Waals surface area contributed by atoms with Crippen LogP contribution in [0.15, 0.2) is 59.4 Å². The second-order valence-corrected chi connectivity index (χ2v) is 8.31. The Labute approximate surface area is 188 Å². The lowest BCUT2D eigenvalue weighted by atomic mass is 10.0. The fraction of sp³-hybridized carbons (Fsp3) is 0.192. The van der Waals surface area contributed by atoms with Crippen molar-refractivity contribution in [3.63, 3.8) is 0 Å². The van der Waals surface area contributed by atoms with E-state index < -0.39 is 17.2 Å². The van der Waals surface area contributed by atoms with E-state index in [1.54, 1.807) is 31.2 Å². The lowest BCUT2D eigenvalue weighted by Crippen LogP contribution is -2.22. The van der Waals surface area contributed by atoms with Gasteiger partial charge in [-0.2, -0.15) is 0 Å². The molecule has 33 heavy (non-hydrogen) atoms. The SMILES string of the molecule is Cc1nc2cc(F)c(F)cc2c(=O)n1-c1ccc(NC(=O)Cc2ccc3c(c2)CCC3)cc1. The Morgan fingerprint density at radius 2 is 1.73 bits per heavy atom.